The molecule has 0 fully saturated rings. The molecule has 0 saturated heterocycles. The molecule has 0 radical (unpaired) electrons. The Hall–Kier alpha value is -2.95. The Kier molecular flexibility index (Phi) is 4.93. The molecular formula is C20H22N2O3. The summed E-state index contributed by atoms with van der Waals surface area (Å²) in [5.41, 5.74) is 4.01. The van der Waals surface area contributed by atoms with Crippen LogP contribution in [0.4, 0.5) is 5.69 Å². The Bertz CT molecular complexity index is 893. The van der Waals surface area contributed by atoms with E-state index >= 15 is 0 Å². The van der Waals surface area contributed by atoms with Gasteiger partial charge in [-0.1, -0.05) is 6.07 Å². The molecular weight excluding hydrogens is 316 g/mol. The van der Waals surface area contributed by atoms with Crippen LogP contribution in [0.1, 0.15) is 11.3 Å². The molecule has 5 heteroatoms. The molecule has 1 heterocycles. The van der Waals surface area contributed by atoms with E-state index in [0.717, 1.165) is 45.1 Å². The summed E-state index contributed by atoms with van der Waals surface area (Å²) >= 11 is 0. The zero-order chi connectivity index (χ0) is 17.8. The average molecular weight is 338 g/mol. The maximum atomic E-state index is 5.37. The minimum absolute atomic E-state index is 0.672. The minimum Gasteiger partial charge on any atom is -0.497 e. The van der Waals surface area contributed by atoms with Gasteiger partial charge < -0.3 is 19.5 Å². The van der Waals surface area contributed by atoms with Crippen molar-refractivity contribution in [2.24, 2.45) is 0 Å². The van der Waals surface area contributed by atoms with E-state index < -0.39 is 0 Å². The van der Waals surface area contributed by atoms with Gasteiger partial charge in [0.25, 0.3) is 0 Å². The molecule has 0 spiro atoms. The molecule has 0 bridgehead atoms. The third-order valence-electron chi connectivity index (χ3n) is 4.08. The van der Waals surface area contributed by atoms with Crippen LogP contribution in [0.2, 0.25) is 0 Å². The molecule has 25 heavy (non-hydrogen) atoms. The molecule has 3 aromatic rings. The maximum Gasteiger partial charge on any atom is 0.161 e. The second-order valence-corrected chi connectivity index (χ2v) is 5.74. The van der Waals surface area contributed by atoms with Gasteiger partial charge in [-0.3, -0.25) is 4.98 Å². The van der Waals surface area contributed by atoms with E-state index in [1.54, 1.807) is 21.3 Å². The number of hydrogen-bond donors (Lipinski definition) is 1. The Morgan fingerprint density at radius 3 is 2.40 bits per heavy atom. The van der Waals surface area contributed by atoms with Crippen molar-refractivity contribution in [3.63, 3.8) is 0 Å². The lowest BCUT2D eigenvalue weighted by Crippen LogP contribution is -2.02. The van der Waals surface area contributed by atoms with E-state index in [0.29, 0.717) is 6.54 Å². The first-order valence-corrected chi connectivity index (χ1v) is 8.04. The summed E-state index contributed by atoms with van der Waals surface area (Å²) in [6.07, 6.45) is 0. The van der Waals surface area contributed by atoms with Crippen molar-refractivity contribution in [2.45, 2.75) is 13.5 Å². The molecule has 5 nitrogen and oxygen atoms in total. The van der Waals surface area contributed by atoms with E-state index in [-0.39, 0.29) is 0 Å². The number of nitrogens with one attached hydrogen (secondary N) is 1. The number of nitrogens with zero attached hydrogens (tertiary/aromatic N) is 1. The number of pyridine rings is 1. The molecule has 1 aromatic heterocycles. The van der Waals surface area contributed by atoms with Crippen molar-refractivity contribution in [3.8, 4) is 17.2 Å². The highest BCUT2D eigenvalue weighted by atomic mass is 16.5. The Morgan fingerprint density at radius 1 is 0.880 bits per heavy atom. The van der Waals surface area contributed by atoms with Gasteiger partial charge in [0.15, 0.2) is 11.5 Å². The van der Waals surface area contributed by atoms with Crippen molar-refractivity contribution >= 4 is 16.6 Å². The molecule has 0 aliphatic carbocycles. The van der Waals surface area contributed by atoms with E-state index in [1.807, 2.05) is 43.3 Å². The zero-order valence-electron chi connectivity index (χ0n) is 14.9. The number of rotatable bonds is 6. The van der Waals surface area contributed by atoms with Gasteiger partial charge in [-0.2, -0.15) is 0 Å². The van der Waals surface area contributed by atoms with Crippen molar-refractivity contribution in [1.82, 2.24) is 4.98 Å². The normalized spacial score (nSPS) is 10.6. The molecule has 130 valence electrons. The first-order chi connectivity index (χ1) is 12.1. The highest BCUT2D eigenvalue weighted by Gasteiger charge is 2.08. The average Bonchev–Trinajstić information content (AvgIpc) is 2.65. The molecule has 3 rings (SSSR count). The van der Waals surface area contributed by atoms with Crippen LogP contribution >= 0.6 is 0 Å². The number of aromatic nitrogens is 1. The smallest absolute Gasteiger partial charge is 0.161 e. The number of aryl methyl sites for hydroxylation is 1. The fourth-order valence-electron chi connectivity index (χ4n) is 2.80. The van der Waals surface area contributed by atoms with Crippen LogP contribution in [0.3, 0.4) is 0 Å². The lowest BCUT2D eigenvalue weighted by molar-refractivity contribution is 0.354. The summed E-state index contributed by atoms with van der Waals surface area (Å²) in [7, 11) is 4.94. The predicted octanol–water partition coefficient (Wildman–Crippen LogP) is 4.18. The van der Waals surface area contributed by atoms with Crippen LogP contribution in [0.25, 0.3) is 10.9 Å². The van der Waals surface area contributed by atoms with Gasteiger partial charge in [0.2, 0.25) is 0 Å². The minimum atomic E-state index is 0.672. The second-order valence-electron chi connectivity index (χ2n) is 5.74. The molecule has 1 N–H and O–H groups in total. The highest BCUT2D eigenvalue weighted by molar-refractivity contribution is 5.92. The summed E-state index contributed by atoms with van der Waals surface area (Å²) in [5.74, 6) is 2.25. The van der Waals surface area contributed by atoms with Crippen molar-refractivity contribution < 1.29 is 14.2 Å². The van der Waals surface area contributed by atoms with Crippen LogP contribution in [-0.2, 0) is 6.54 Å². The zero-order valence-corrected chi connectivity index (χ0v) is 14.9. The van der Waals surface area contributed by atoms with Gasteiger partial charge in [-0.25, -0.2) is 0 Å². The molecule has 0 aliphatic rings. The Balaban J connectivity index is 1.88. The van der Waals surface area contributed by atoms with Gasteiger partial charge in [-0.15, -0.1) is 0 Å². The Labute approximate surface area is 147 Å². The summed E-state index contributed by atoms with van der Waals surface area (Å²) in [5, 5.41) is 4.56. The van der Waals surface area contributed by atoms with Crippen LogP contribution in [0, 0.1) is 6.92 Å². The van der Waals surface area contributed by atoms with Gasteiger partial charge in [0.05, 0.1) is 26.8 Å². The second kappa shape index (κ2) is 7.30. The molecule has 0 atom stereocenters. The first-order valence-electron chi connectivity index (χ1n) is 8.04. The van der Waals surface area contributed by atoms with Crippen LogP contribution < -0.4 is 19.5 Å². The number of benzene rings is 2. The topological polar surface area (TPSA) is 52.6 Å². The highest BCUT2D eigenvalue weighted by Crippen LogP contribution is 2.29. The number of ether oxygens (including phenoxy) is 3. The van der Waals surface area contributed by atoms with Crippen molar-refractivity contribution in [2.75, 3.05) is 26.6 Å². The summed E-state index contributed by atoms with van der Waals surface area (Å²) in [4.78, 5) is 4.59. The third kappa shape index (κ3) is 3.60. The molecule has 0 amide bonds. The van der Waals surface area contributed by atoms with E-state index in [1.165, 1.54) is 0 Å². The lowest BCUT2D eigenvalue weighted by atomic mass is 10.1. The lowest BCUT2D eigenvalue weighted by Gasteiger charge is -2.13. The van der Waals surface area contributed by atoms with E-state index in [9.17, 15) is 0 Å². The van der Waals surface area contributed by atoms with E-state index in [4.69, 9.17) is 14.2 Å². The maximum absolute atomic E-state index is 5.37. The predicted molar refractivity (Wildman–Crippen MR) is 99.9 cm³/mol. The molecule has 2 aromatic carbocycles. The standard InChI is InChI=1S/C20H22N2O3/c1-13-9-17(16-7-6-15(23-2)11-18(16)22-13)21-12-14-5-8-19(24-3)20(10-14)25-4/h5-11H,12H2,1-4H3,(H,21,22). The molecule has 0 aliphatic heterocycles. The van der Waals surface area contributed by atoms with Gasteiger partial charge >= 0.3 is 0 Å². The number of methoxy groups -OCH3 is 3. The number of hydrogen-bond acceptors (Lipinski definition) is 5. The fourth-order valence-corrected chi connectivity index (χ4v) is 2.80. The first kappa shape index (κ1) is 16.9. The largest absolute Gasteiger partial charge is 0.497 e. The monoisotopic (exact) mass is 338 g/mol. The van der Waals surface area contributed by atoms with Crippen LogP contribution in [-0.4, -0.2) is 26.3 Å². The SMILES string of the molecule is COc1ccc2c(NCc3ccc(OC)c(OC)c3)cc(C)nc2c1. The Morgan fingerprint density at radius 2 is 1.68 bits per heavy atom. The van der Waals surface area contributed by atoms with Crippen molar-refractivity contribution in [1.29, 1.82) is 0 Å². The number of anilines is 1. The van der Waals surface area contributed by atoms with E-state index in [2.05, 4.69) is 16.4 Å². The number of fused-ring (bicyclic) bond motifs is 1. The van der Waals surface area contributed by atoms with Crippen LogP contribution in [0.5, 0.6) is 17.2 Å². The van der Waals surface area contributed by atoms with Gasteiger partial charge in [-0.05, 0) is 42.8 Å². The third-order valence-corrected chi connectivity index (χ3v) is 4.08. The van der Waals surface area contributed by atoms with Gasteiger partial charge in [0, 0.05) is 29.4 Å². The molecule has 0 saturated carbocycles. The fraction of sp³-hybridized carbons (Fsp3) is 0.250. The summed E-state index contributed by atoms with van der Waals surface area (Å²) in [6, 6.07) is 13.9. The summed E-state index contributed by atoms with van der Waals surface area (Å²) < 4.78 is 15.9. The van der Waals surface area contributed by atoms with Gasteiger partial charge in [0.1, 0.15) is 5.75 Å². The summed E-state index contributed by atoms with van der Waals surface area (Å²) in [6.45, 7) is 2.66. The molecule has 0 unspecified atom stereocenters. The van der Waals surface area contributed by atoms with Crippen LogP contribution in [0.15, 0.2) is 42.5 Å². The quantitative estimate of drug-likeness (QED) is 0.731. The van der Waals surface area contributed by atoms with Crippen molar-refractivity contribution in [3.05, 3.63) is 53.7 Å².